The van der Waals surface area contributed by atoms with E-state index in [1.165, 1.54) is 6.42 Å². The zero-order chi connectivity index (χ0) is 13.7. The SMILES string of the molecule is CC(I)(CI)C(=O)OC12CC3CC4CC(O)(C1)C42C3. The Labute approximate surface area is 140 Å². The molecule has 4 fully saturated rings. The summed E-state index contributed by atoms with van der Waals surface area (Å²) in [6.07, 6.45) is 4.95. The number of hydrogen-bond acceptors (Lipinski definition) is 3. The van der Waals surface area contributed by atoms with Gasteiger partial charge in [0.2, 0.25) is 0 Å². The van der Waals surface area contributed by atoms with Gasteiger partial charge in [-0.3, -0.25) is 4.79 Å². The molecule has 0 aliphatic heterocycles. The van der Waals surface area contributed by atoms with Crippen molar-refractivity contribution in [2.24, 2.45) is 17.3 Å². The minimum Gasteiger partial charge on any atom is -0.457 e. The van der Waals surface area contributed by atoms with Crippen LogP contribution in [0.15, 0.2) is 0 Å². The second-order valence-electron chi connectivity index (χ2n) is 7.31. The number of halogens is 2. The van der Waals surface area contributed by atoms with Gasteiger partial charge >= 0.3 is 5.97 Å². The van der Waals surface area contributed by atoms with E-state index >= 15 is 0 Å². The first-order valence-electron chi connectivity index (χ1n) is 6.99. The smallest absolute Gasteiger partial charge is 0.323 e. The van der Waals surface area contributed by atoms with Gasteiger partial charge in [0, 0.05) is 16.3 Å². The lowest BCUT2D eigenvalue weighted by Crippen LogP contribution is -2.83. The van der Waals surface area contributed by atoms with Gasteiger partial charge in [-0.05, 0) is 44.4 Å². The second-order valence-corrected chi connectivity index (χ2v) is 10.4. The number of hydrogen-bond donors (Lipinski definition) is 1. The fourth-order valence-corrected chi connectivity index (χ4v) is 6.14. The summed E-state index contributed by atoms with van der Waals surface area (Å²) >= 11 is 4.43. The van der Waals surface area contributed by atoms with E-state index in [-0.39, 0.29) is 17.0 Å². The van der Waals surface area contributed by atoms with Crippen LogP contribution < -0.4 is 0 Å². The van der Waals surface area contributed by atoms with Crippen molar-refractivity contribution in [3.8, 4) is 0 Å². The van der Waals surface area contributed by atoms with E-state index < -0.39 is 9.02 Å². The summed E-state index contributed by atoms with van der Waals surface area (Å²) in [6.45, 7) is 1.94. The van der Waals surface area contributed by atoms with Crippen LogP contribution in [0.5, 0.6) is 0 Å². The van der Waals surface area contributed by atoms with Crippen LogP contribution in [0.4, 0.5) is 0 Å². The molecule has 0 aromatic rings. The highest BCUT2D eigenvalue weighted by Crippen LogP contribution is 2.85. The highest BCUT2D eigenvalue weighted by atomic mass is 127. The van der Waals surface area contributed by atoms with Crippen molar-refractivity contribution in [3.05, 3.63) is 0 Å². The molecule has 0 radical (unpaired) electrons. The number of aliphatic hydroxyl groups is 1. The average Bonchev–Trinajstić information content (AvgIpc) is 2.79. The Bertz CT molecular complexity index is 479. The van der Waals surface area contributed by atoms with Gasteiger partial charge in [0.1, 0.15) is 9.02 Å². The lowest BCUT2D eigenvalue weighted by molar-refractivity contribution is -0.373. The summed E-state index contributed by atoms with van der Waals surface area (Å²) in [5.41, 5.74) is -0.879. The lowest BCUT2D eigenvalue weighted by Gasteiger charge is -2.75. The van der Waals surface area contributed by atoms with Gasteiger partial charge in [-0.25, -0.2) is 0 Å². The fourth-order valence-electron chi connectivity index (χ4n) is 5.71. The van der Waals surface area contributed by atoms with Gasteiger partial charge in [-0.15, -0.1) is 0 Å². The number of ether oxygens (including phenoxy) is 1. The summed E-state index contributed by atoms with van der Waals surface area (Å²) in [4.78, 5) is 12.4. The number of esters is 1. The van der Waals surface area contributed by atoms with Crippen LogP contribution in [0.3, 0.4) is 0 Å². The van der Waals surface area contributed by atoms with Crippen molar-refractivity contribution in [2.75, 3.05) is 4.43 Å². The molecule has 0 aromatic heterocycles. The molecule has 6 atom stereocenters. The molecule has 2 bridgehead atoms. The summed E-state index contributed by atoms with van der Waals surface area (Å²) in [5, 5.41) is 10.7. The molecule has 6 unspecified atom stereocenters. The minimum atomic E-state index is -0.505. The maximum absolute atomic E-state index is 12.4. The van der Waals surface area contributed by atoms with Gasteiger partial charge in [-0.2, -0.15) is 0 Å². The summed E-state index contributed by atoms with van der Waals surface area (Å²) in [5.74, 6) is 1.20. The molecule has 1 N–H and O–H groups in total. The molecule has 0 aromatic carbocycles. The number of fused-ring (bicyclic) bond motifs is 1. The van der Waals surface area contributed by atoms with E-state index in [1.54, 1.807) is 0 Å². The number of alkyl halides is 2. The quantitative estimate of drug-likeness (QED) is 0.378. The van der Waals surface area contributed by atoms with Crippen LogP contribution >= 0.6 is 45.2 Å². The Hall–Kier alpha value is 0.890. The topological polar surface area (TPSA) is 46.5 Å². The molecule has 4 aliphatic carbocycles. The maximum atomic E-state index is 12.4. The van der Waals surface area contributed by atoms with E-state index in [1.807, 2.05) is 6.92 Å². The molecule has 0 heterocycles. The molecule has 4 rings (SSSR count). The van der Waals surface area contributed by atoms with Gasteiger partial charge in [0.15, 0.2) is 0 Å². The first-order valence-corrected chi connectivity index (χ1v) is 9.60. The Morgan fingerprint density at radius 1 is 1.47 bits per heavy atom. The van der Waals surface area contributed by atoms with E-state index in [4.69, 9.17) is 4.74 Å². The van der Waals surface area contributed by atoms with E-state index in [9.17, 15) is 9.90 Å². The monoisotopic (exact) mass is 488 g/mol. The Balaban J connectivity index is 1.62. The molecule has 5 heteroatoms. The van der Waals surface area contributed by atoms with Gasteiger partial charge in [0.05, 0.1) is 5.60 Å². The van der Waals surface area contributed by atoms with Gasteiger partial charge in [0.25, 0.3) is 0 Å². The molecule has 19 heavy (non-hydrogen) atoms. The minimum absolute atomic E-state index is 0.0572. The van der Waals surface area contributed by atoms with Crippen molar-refractivity contribution in [3.63, 3.8) is 0 Å². The Morgan fingerprint density at radius 2 is 2.21 bits per heavy atom. The van der Waals surface area contributed by atoms with Crippen LogP contribution in [-0.4, -0.2) is 30.1 Å². The number of carbonyl (C=O) groups excluding carboxylic acids is 1. The lowest BCUT2D eigenvalue weighted by atomic mass is 9.33. The standard InChI is InChI=1S/C14H18I2O3/c1-11(16,7-15)10(17)19-13-3-8-2-9-5-12(18,6-13)14(9,13)4-8/h8-9,18H,2-7H2,1H3. The van der Waals surface area contributed by atoms with Crippen LogP contribution in [-0.2, 0) is 9.53 Å². The summed E-state index contributed by atoms with van der Waals surface area (Å²) in [6, 6.07) is 0. The van der Waals surface area contributed by atoms with Crippen molar-refractivity contribution in [2.45, 2.75) is 53.7 Å². The molecule has 4 saturated carbocycles. The average molecular weight is 488 g/mol. The highest BCUT2D eigenvalue weighted by Gasteiger charge is 2.89. The van der Waals surface area contributed by atoms with Crippen LogP contribution in [0.1, 0.15) is 39.0 Å². The Kier molecular flexibility index (Phi) is 2.58. The molecular weight excluding hydrogens is 470 g/mol. The van der Waals surface area contributed by atoms with Crippen LogP contribution in [0.25, 0.3) is 0 Å². The van der Waals surface area contributed by atoms with Gasteiger partial charge < -0.3 is 9.84 Å². The Morgan fingerprint density at radius 3 is 2.79 bits per heavy atom. The first-order chi connectivity index (χ1) is 8.79. The van der Waals surface area contributed by atoms with Crippen molar-refractivity contribution < 1.29 is 14.6 Å². The molecule has 3 nitrogen and oxygen atoms in total. The third-order valence-corrected chi connectivity index (χ3v) is 10.1. The number of carbonyl (C=O) groups is 1. The van der Waals surface area contributed by atoms with Gasteiger partial charge in [-0.1, -0.05) is 45.2 Å². The summed E-state index contributed by atoms with van der Waals surface area (Å²) in [7, 11) is 0. The second kappa shape index (κ2) is 3.62. The number of rotatable bonds is 3. The molecular formula is C14H18I2O3. The molecule has 1 spiro atoms. The normalized spacial score (nSPS) is 55.8. The predicted molar refractivity (Wildman–Crippen MR) is 87.6 cm³/mol. The van der Waals surface area contributed by atoms with Crippen molar-refractivity contribution >= 4 is 51.2 Å². The van der Waals surface area contributed by atoms with E-state index in [0.29, 0.717) is 18.3 Å². The zero-order valence-corrected chi connectivity index (χ0v) is 15.2. The largest absolute Gasteiger partial charge is 0.457 e. The predicted octanol–water partition coefficient (Wildman–Crippen LogP) is 2.85. The fraction of sp³-hybridized carbons (Fsp3) is 0.929. The van der Waals surface area contributed by atoms with E-state index in [0.717, 1.165) is 23.7 Å². The molecule has 0 amide bonds. The molecule has 4 aliphatic rings. The molecule has 0 saturated heterocycles. The third kappa shape index (κ3) is 1.32. The molecule has 106 valence electrons. The van der Waals surface area contributed by atoms with Crippen LogP contribution in [0.2, 0.25) is 0 Å². The van der Waals surface area contributed by atoms with Crippen LogP contribution in [0, 0.1) is 17.3 Å². The zero-order valence-electron chi connectivity index (χ0n) is 10.9. The summed E-state index contributed by atoms with van der Waals surface area (Å²) < 4.78 is 6.34. The maximum Gasteiger partial charge on any atom is 0.323 e. The highest BCUT2D eigenvalue weighted by molar-refractivity contribution is 14.1. The van der Waals surface area contributed by atoms with Crippen molar-refractivity contribution in [1.29, 1.82) is 0 Å². The van der Waals surface area contributed by atoms with Crippen molar-refractivity contribution in [1.82, 2.24) is 0 Å². The third-order valence-electron chi connectivity index (χ3n) is 6.31. The van der Waals surface area contributed by atoms with E-state index in [2.05, 4.69) is 45.2 Å². The first kappa shape index (κ1) is 13.5.